The Kier molecular flexibility index (Phi) is 7.12. The van der Waals surface area contributed by atoms with Crippen LogP contribution >= 0.6 is 11.8 Å². The zero-order chi connectivity index (χ0) is 29.8. The van der Waals surface area contributed by atoms with E-state index >= 15 is 4.39 Å². The summed E-state index contributed by atoms with van der Waals surface area (Å²) in [5.74, 6) is -2.33. The molecule has 2 aromatic carbocycles. The third-order valence-electron chi connectivity index (χ3n) is 8.10. The van der Waals surface area contributed by atoms with E-state index in [2.05, 4.69) is 18.6 Å². The summed E-state index contributed by atoms with van der Waals surface area (Å²) < 4.78 is 46.4. The number of hydrogen-bond donors (Lipinski definition) is 0. The van der Waals surface area contributed by atoms with Crippen LogP contribution in [0.2, 0.25) is 0 Å². The second-order valence-corrected chi connectivity index (χ2v) is 12.2. The maximum atomic E-state index is 15.4. The van der Waals surface area contributed by atoms with Gasteiger partial charge in [-0.3, -0.25) is 19.3 Å². The predicted octanol–water partition coefficient (Wildman–Crippen LogP) is 5.18. The lowest BCUT2D eigenvalue weighted by molar-refractivity contribution is 0.0104. The number of pyridine rings is 1. The van der Waals surface area contributed by atoms with Crippen LogP contribution in [0, 0.1) is 17.0 Å². The summed E-state index contributed by atoms with van der Waals surface area (Å²) in [5.41, 5.74) is 0.885. The molecule has 0 spiro atoms. The van der Waals surface area contributed by atoms with E-state index in [9.17, 15) is 18.8 Å². The van der Waals surface area contributed by atoms with E-state index in [0.29, 0.717) is 18.5 Å². The lowest BCUT2D eigenvalue weighted by atomic mass is 9.79. The number of nitrogens with zero attached hydrogens (tertiary/aromatic N) is 3. The lowest BCUT2D eigenvalue weighted by Gasteiger charge is -2.54. The number of piperidine rings is 1. The fourth-order valence-corrected chi connectivity index (χ4v) is 7.12. The van der Waals surface area contributed by atoms with Crippen LogP contribution in [-0.2, 0) is 15.2 Å². The van der Waals surface area contributed by atoms with Gasteiger partial charge in [0.05, 0.1) is 13.2 Å². The molecule has 3 aliphatic heterocycles. The average molecular weight is 598 g/mol. The Morgan fingerprint density at radius 1 is 1.10 bits per heavy atom. The number of carbonyl (C=O) groups is 2. The largest absolute Gasteiger partial charge is 0.510 e. The van der Waals surface area contributed by atoms with Gasteiger partial charge in [-0.15, -0.1) is 11.8 Å². The molecule has 0 unspecified atom stereocenters. The molecule has 1 aromatic heterocycles. The molecule has 4 heterocycles. The summed E-state index contributed by atoms with van der Waals surface area (Å²) in [6.07, 6.45) is 1.30. The molecule has 2 atom stereocenters. The Balaban J connectivity index is 1.60. The molecule has 1 amide bonds. The van der Waals surface area contributed by atoms with Gasteiger partial charge in [-0.2, -0.15) is 0 Å². The number of carbonyl (C=O) groups excluding carboxylic acids is 2. The Morgan fingerprint density at radius 2 is 1.88 bits per heavy atom. The number of thioether (sulfide) groups is 1. The number of benzene rings is 2. The Morgan fingerprint density at radius 3 is 2.67 bits per heavy atom. The molecule has 3 aliphatic rings. The number of methoxy groups -OCH3 is 1. The van der Waals surface area contributed by atoms with Crippen LogP contribution in [0.1, 0.15) is 59.9 Å². The smallest absolute Gasteiger partial charge is 0.451 e. The minimum atomic E-state index is -1.01. The Hall–Kier alpha value is -4.06. The third-order valence-corrected chi connectivity index (χ3v) is 9.22. The molecule has 0 aliphatic carbocycles. The van der Waals surface area contributed by atoms with Crippen molar-refractivity contribution < 1.29 is 32.6 Å². The summed E-state index contributed by atoms with van der Waals surface area (Å²) >= 11 is 1.42. The van der Waals surface area contributed by atoms with Gasteiger partial charge in [0.15, 0.2) is 17.3 Å². The van der Waals surface area contributed by atoms with E-state index in [1.807, 2.05) is 29.3 Å². The molecule has 0 saturated carbocycles. The molecular weight excluding hydrogens is 568 g/mol. The summed E-state index contributed by atoms with van der Waals surface area (Å²) in [4.78, 5) is 41.3. The van der Waals surface area contributed by atoms with Crippen molar-refractivity contribution in [2.45, 2.75) is 49.5 Å². The van der Waals surface area contributed by atoms with Crippen LogP contribution in [-0.4, -0.2) is 48.3 Å². The lowest BCUT2D eigenvalue weighted by Crippen LogP contribution is -2.65. The van der Waals surface area contributed by atoms with Crippen molar-refractivity contribution in [1.82, 2.24) is 9.58 Å². The maximum absolute atomic E-state index is 15.4. The normalized spacial score (nSPS) is 20.5. The minimum absolute atomic E-state index is 0.0505. The molecule has 12 heteroatoms. The topological polar surface area (TPSA) is 90.3 Å². The van der Waals surface area contributed by atoms with Gasteiger partial charge in [0.1, 0.15) is 6.17 Å². The molecule has 3 aromatic rings. The second kappa shape index (κ2) is 10.6. The Bertz CT molecular complexity index is 1640. The number of rotatable bonds is 4. The van der Waals surface area contributed by atoms with E-state index in [0.717, 1.165) is 30.1 Å². The molecule has 9 nitrogen and oxygen atoms in total. The first kappa shape index (κ1) is 28.1. The number of hydrogen-bond acceptors (Lipinski definition) is 8. The van der Waals surface area contributed by atoms with Crippen LogP contribution in [0.15, 0.2) is 58.4 Å². The highest BCUT2D eigenvalue weighted by Gasteiger charge is 2.49. The summed E-state index contributed by atoms with van der Waals surface area (Å²) in [6.45, 7) is 4.01. The van der Waals surface area contributed by atoms with Crippen LogP contribution in [0.3, 0.4) is 0 Å². The standard InChI is InChI=1S/C30H29F2N3O6S/c1-30(2)11-13-33-23(14-30)35(34-12-10-21(36)27(26(34)28(33)37)40-16-41-29(38)39-3)25-17-8-9-20(31)24(32)19(17)15-42-22-7-5-4-6-18(22)25/h4-10,12,23,25H,11,13-16H2,1-3H3/t23-,25+/m1/s1. The highest BCUT2D eigenvalue weighted by atomic mass is 32.2. The molecule has 1 saturated heterocycles. The number of amides is 1. The molecule has 42 heavy (non-hydrogen) atoms. The number of fused-ring (bicyclic) bond motifs is 4. The molecule has 220 valence electrons. The second-order valence-electron chi connectivity index (χ2n) is 11.2. The van der Waals surface area contributed by atoms with Crippen LogP contribution in [0.25, 0.3) is 0 Å². The summed E-state index contributed by atoms with van der Waals surface area (Å²) in [5, 5.41) is 1.96. The van der Waals surface area contributed by atoms with Gasteiger partial charge in [-0.05, 0) is 41.5 Å². The zero-order valence-electron chi connectivity index (χ0n) is 23.3. The van der Waals surface area contributed by atoms with Crippen molar-refractivity contribution in [3.63, 3.8) is 0 Å². The highest BCUT2D eigenvalue weighted by molar-refractivity contribution is 7.98. The van der Waals surface area contributed by atoms with Crippen LogP contribution in [0.5, 0.6) is 5.75 Å². The maximum Gasteiger partial charge on any atom is 0.510 e. The van der Waals surface area contributed by atoms with Gasteiger partial charge in [0.25, 0.3) is 5.91 Å². The van der Waals surface area contributed by atoms with Crippen molar-refractivity contribution in [1.29, 1.82) is 0 Å². The molecule has 0 radical (unpaired) electrons. The first-order chi connectivity index (χ1) is 20.1. The molecular formula is C30H29F2N3O6S. The quantitative estimate of drug-likeness (QED) is 0.300. The molecule has 0 N–H and O–H groups in total. The number of aromatic nitrogens is 1. The van der Waals surface area contributed by atoms with Crippen molar-refractivity contribution in [3.05, 3.63) is 92.9 Å². The van der Waals surface area contributed by atoms with Gasteiger partial charge in [-0.25, -0.2) is 13.6 Å². The first-order valence-corrected chi connectivity index (χ1v) is 14.5. The Labute approximate surface area is 244 Å². The average Bonchev–Trinajstić information content (AvgIpc) is 3.13. The van der Waals surface area contributed by atoms with Gasteiger partial charge in [-0.1, -0.05) is 38.1 Å². The van der Waals surface area contributed by atoms with Crippen molar-refractivity contribution >= 4 is 23.8 Å². The van der Waals surface area contributed by atoms with Crippen LogP contribution < -0.4 is 15.2 Å². The van der Waals surface area contributed by atoms with Gasteiger partial charge < -0.3 is 19.1 Å². The highest BCUT2D eigenvalue weighted by Crippen LogP contribution is 2.47. The van der Waals surface area contributed by atoms with Crippen molar-refractivity contribution in [2.24, 2.45) is 5.41 Å². The predicted molar refractivity (Wildman–Crippen MR) is 150 cm³/mol. The zero-order valence-corrected chi connectivity index (χ0v) is 24.1. The minimum Gasteiger partial charge on any atom is -0.451 e. The summed E-state index contributed by atoms with van der Waals surface area (Å²) in [7, 11) is 1.14. The van der Waals surface area contributed by atoms with Gasteiger partial charge in [0.2, 0.25) is 18.0 Å². The van der Waals surface area contributed by atoms with E-state index in [4.69, 9.17) is 9.47 Å². The number of halogens is 2. The van der Waals surface area contributed by atoms with Crippen LogP contribution in [0.4, 0.5) is 13.6 Å². The molecule has 1 fully saturated rings. The van der Waals surface area contributed by atoms with E-state index in [-0.39, 0.29) is 28.2 Å². The molecule has 6 rings (SSSR count). The van der Waals surface area contributed by atoms with E-state index < -0.39 is 48.1 Å². The summed E-state index contributed by atoms with van der Waals surface area (Å²) in [6, 6.07) is 11.0. The van der Waals surface area contributed by atoms with Gasteiger partial charge >= 0.3 is 6.16 Å². The van der Waals surface area contributed by atoms with Crippen molar-refractivity contribution in [2.75, 3.05) is 25.5 Å². The van der Waals surface area contributed by atoms with E-state index in [1.165, 1.54) is 24.0 Å². The van der Waals surface area contributed by atoms with Gasteiger partial charge in [0, 0.05) is 35.0 Å². The molecule has 0 bridgehead atoms. The SMILES string of the molecule is COC(=O)OCOc1c2n(ccc1=O)N([C@@H]1c3ccccc3SCc3c1ccc(F)c3F)[C@@H]1CC(C)(C)CCN1C2=O. The monoisotopic (exact) mass is 597 g/mol. The fraction of sp³-hybridized carbons (Fsp3) is 0.367. The van der Waals surface area contributed by atoms with E-state index in [1.54, 1.807) is 15.6 Å². The fourth-order valence-electron chi connectivity index (χ4n) is 6.01. The number of ether oxygens (including phenoxy) is 3. The third kappa shape index (κ3) is 4.67. The van der Waals surface area contributed by atoms with Crippen molar-refractivity contribution in [3.8, 4) is 5.75 Å². The first-order valence-electron chi connectivity index (χ1n) is 13.5.